The maximum absolute atomic E-state index is 4.36. The highest BCUT2D eigenvalue weighted by molar-refractivity contribution is 5.89. The van der Waals surface area contributed by atoms with E-state index in [0.717, 1.165) is 29.7 Å². The zero-order chi connectivity index (χ0) is 15.1. The molecule has 0 bridgehead atoms. The Labute approximate surface area is 125 Å². The van der Waals surface area contributed by atoms with E-state index in [1.54, 1.807) is 0 Å². The van der Waals surface area contributed by atoms with Gasteiger partial charge in [-0.25, -0.2) is 4.52 Å². The van der Waals surface area contributed by atoms with Crippen molar-refractivity contribution in [2.24, 2.45) is 4.99 Å². The number of nitrogens with zero attached hydrogens (tertiary/aromatic N) is 3. The van der Waals surface area contributed by atoms with Crippen LogP contribution in [0.5, 0.6) is 0 Å². The lowest BCUT2D eigenvalue weighted by atomic mass is 10.2. The van der Waals surface area contributed by atoms with Crippen LogP contribution in [0.2, 0.25) is 0 Å². The fraction of sp³-hybridized carbons (Fsp3) is 0.375. The Bertz CT molecular complexity index is 626. The van der Waals surface area contributed by atoms with E-state index in [2.05, 4.69) is 33.7 Å². The topological polar surface area (TPSA) is 53.7 Å². The van der Waals surface area contributed by atoms with Crippen molar-refractivity contribution >= 4 is 17.4 Å². The van der Waals surface area contributed by atoms with Gasteiger partial charge >= 0.3 is 0 Å². The van der Waals surface area contributed by atoms with E-state index in [1.807, 2.05) is 55.2 Å². The van der Waals surface area contributed by atoms with E-state index in [9.17, 15) is 0 Å². The molecule has 3 heterocycles. The Kier molecular flexibility index (Phi) is 5.51. The fourth-order valence-electron chi connectivity index (χ4n) is 2.13. The lowest BCUT2D eigenvalue weighted by Crippen LogP contribution is -2.41. The van der Waals surface area contributed by atoms with Crippen molar-refractivity contribution in [1.82, 2.24) is 20.2 Å². The van der Waals surface area contributed by atoms with Crippen LogP contribution in [0.3, 0.4) is 0 Å². The van der Waals surface area contributed by atoms with Crippen LogP contribution in [0.4, 0.5) is 0 Å². The van der Waals surface area contributed by atoms with Gasteiger partial charge in [-0.2, -0.15) is 5.10 Å². The van der Waals surface area contributed by atoms with Gasteiger partial charge in [0, 0.05) is 23.7 Å². The van der Waals surface area contributed by atoms with Gasteiger partial charge in [-0.15, -0.1) is 0 Å². The van der Waals surface area contributed by atoms with E-state index < -0.39 is 0 Å². The summed E-state index contributed by atoms with van der Waals surface area (Å²) in [5, 5.41) is 11.1. The van der Waals surface area contributed by atoms with Crippen LogP contribution in [-0.4, -0.2) is 28.7 Å². The number of aliphatic imine (C=N–C) groups is 1. The molecule has 1 aliphatic heterocycles. The SMILES string of the molecule is CC.CCCNC1N=CC=C(c2cnn3ccccc23)N1. The van der Waals surface area contributed by atoms with Crippen molar-refractivity contribution in [3.8, 4) is 0 Å². The van der Waals surface area contributed by atoms with E-state index in [0.29, 0.717) is 0 Å². The third-order valence-electron chi connectivity index (χ3n) is 3.07. The second-order valence-electron chi connectivity index (χ2n) is 4.47. The summed E-state index contributed by atoms with van der Waals surface area (Å²) in [5.41, 5.74) is 3.23. The van der Waals surface area contributed by atoms with Gasteiger partial charge < -0.3 is 5.32 Å². The van der Waals surface area contributed by atoms with Crippen molar-refractivity contribution in [1.29, 1.82) is 0 Å². The Hall–Kier alpha value is -2.14. The highest BCUT2D eigenvalue weighted by atomic mass is 15.3. The summed E-state index contributed by atoms with van der Waals surface area (Å²) in [6, 6.07) is 6.05. The fourth-order valence-corrected chi connectivity index (χ4v) is 2.13. The average Bonchev–Trinajstić information content (AvgIpc) is 2.99. The van der Waals surface area contributed by atoms with Crippen LogP contribution in [0.15, 0.2) is 41.7 Å². The third-order valence-corrected chi connectivity index (χ3v) is 3.07. The first-order chi connectivity index (χ1) is 10.4. The minimum atomic E-state index is -0.0568. The number of fused-ring (bicyclic) bond motifs is 1. The summed E-state index contributed by atoms with van der Waals surface area (Å²) in [7, 11) is 0. The molecule has 0 aromatic carbocycles. The monoisotopic (exact) mass is 285 g/mol. The lowest BCUT2D eigenvalue weighted by Gasteiger charge is -2.21. The summed E-state index contributed by atoms with van der Waals surface area (Å²) in [6.45, 7) is 7.08. The van der Waals surface area contributed by atoms with Gasteiger partial charge in [0.25, 0.3) is 0 Å². The van der Waals surface area contributed by atoms with Crippen LogP contribution < -0.4 is 10.6 Å². The molecular weight excluding hydrogens is 262 g/mol. The summed E-state index contributed by atoms with van der Waals surface area (Å²) >= 11 is 0. The van der Waals surface area contributed by atoms with Crippen LogP contribution in [-0.2, 0) is 0 Å². The highest BCUT2D eigenvalue weighted by Gasteiger charge is 2.14. The molecule has 2 aromatic heterocycles. The third kappa shape index (κ3) is 3.49. The van der Waals surface area contributed by atoms with Crippen LogP contribution in [0.1, 0.15) is 32.8 Å². The zero-order valence-electron chi connectivity index (χ0n) is 12.9. The molecule has 1 aliphatic rings. The van der Waals surface area contributed by atoms with E-state index >= 15 is 0 Å². The molecule has 0 aliphatic carbocycles. The Balaban J connectivity index is 0.000000774. The molecule has 0 saturated heterocycles. The molecule has 112 valence electrons. The van der Waals surface area contributed by atoms with E-state index in [-0.39, 0.29) is 6.29 Å². The predicted octanol–water partition coefficient (Wildman–Crippen LogP) is 2.66. The molecule has 5 nitrogen and oxygen atoms in total. The number of aromatic nitrogens is 2. The van der Waals surface area contributed by atoms with Crippen molar-refractivity contribution in [2.75, 3.05) is 6.54 Å². The van der Waals surface area contributed by atoms with Crippen molar-refractivity contribution < 1.29 is 0 Å². The molecule has 0 radical (unpaired) electrons. The molecule has 0 saturated carbocycles. The largest absolute Gasteiger partial charge is 0.351 e. The zero-order valence-corrected chi connectivity index (χ0v) is 12.9. The first-order valence-electron chi connectivity index (χ1n) is 7.54. The Morgan fingerprint density at radius 1 is 1.33 bits per heavy atom. The molecule has 0 amide bonds. The maximum Gasteiger partial charge on any atom is 0.173 e. The number of hydrogen-bond donors (Lipinski definition) is 2. The molecule has 5 heteroatoms. The van der Waals surface area contributed by atoms with Gasteiger partial charge in [-0.3, -0.25) is 10.3 Å². The van der Waals surface area contributed by atoms with Gasteiger partial charge in [-0.1, -0.05) is 26.8 Å². The van der Waals surface area contributed by atoms with E-state index in [4.69, 9.17) is 0 Å². The summed E-state index contributed by atoms with van der Waals surface area (Å²) in [5.74, 6) is 0. The minimum absolute atomic E-state index is 0.0568. The summed E-state index contributed by atoms with van der Waals surface area (Å²) in [6.07, 6.45) is 8.68. The number of hydrogen-bond acceptors (Lipinski definition) is 4. The number of rotatable bonds is 4. The summed E-state index contributed by atoms with van der Waals surface area (Å²) in [4.78, 5) is 4.36. The van der Waals surface area contributed by atoms with Gasteiger partial charge in [0.05, 0.1) is 11.7 Å². The highest BCUT2D eigenvalue weighted by Crippen LogP contribution is 2.19. The molecule has 2 N–H and O–H groups in total. The standard InChI is InChI=1S/C14H17N5.C2H6/c1-2-7-15-14-16-8-6-12(18-14)11-10-17-19-9-4-3-5-13(11)19;1-2/h3-6,8-10,14-15,18H,2,7H2,1H3;1-2H3. The Morgan fingerprint density at radius 2 is 2.19 bits per heavy atom. The van der Waals surface area contributed by atoms with E-state index in [1.165, 1.54) is 0 Å². The van der Waals surface area contributed by atoms with Crippen molar-refractivity contribution in [3.63, 3.8) is 0 Å². The van der Waals surface area contributed by atoms with Crippen LogP contribution in [0, 0.1) is 0 Å². The van der Waals surface area contributed by atoms with Gasteiger partial charge in [0.15, 0.2) is 6.29 Å². The quantitative estimate of drug-likeness (QED) is 0.908. The molecule has 0 fully saturated rings. The van der Waals surface area contributed by atoms with Gasteiger partial charge in [0.2, 0.25) is 0 Å². The van der Waals surface area contributed by atoms with Crippen molar-refractivity contribution in [3.05, 3.63) is 42.2 Å². The first-order valence-corrected chi connectivity index (χ1v) is 7.54. The maximum atomic E-state index is 4.36. The number of allylic oxidation sites excluding steroid dienone is 1. The number of pyridine rings is 1. The Morgan fingerprint density at radius 3 is 3.00 bits per heavy atom. The smallest absolute Gasteiger partial charge is 0.173 e. The van der Waals surface area contributed by atoms with Crippen LogP contribution >= 0.6 is 0 Å². The molecule has 2 aromatic rings. The molecule has 21 heavy (non-hydrogen) atoms. The minimum Gasteiger partial charge on any atom is -0.351 e. The van der Waals surface area contributed by atoms with Crippen molar-refractivity contribution in [2.45, 2.75) is 33.5 Å². The average molecular weight is 285 g/mol. The van der Waals surface area contributed by atoms with Gasteiger partial charge in [0.1, 0.15) is 0 Å². The summed E-state index contributed by atoms with van der Waals surface area (Å²) < 4.78 is 1.87. The first kappa shape index (κ1) is 15.3. The van der Waals surface area contributed by atoms with Gasteiger partial charge in [-0.05, 0) is 31.2 Å². The lowest BCUT2D eigenvalue weighted by molar-refractivity contribution is 0.494. The number of nitrogens with one attached hydrogen (secondary N) is 2. The molecular formula is C16H23N5. The molecule has 0 spiro atoms. The van der Waals surface area contributed by atoms with Crippen LogP contribution in [0.25, 0.3) is 11.2 Å². The normalized spacial score (nSPS) is 16.9. The molecule has 1 atom stereocenters. The second kappa shape index (κ2) is 7.59. The second-order valence-corrected chi connectivity index (χ2v) is 4.47. The molecule has 1 unspecified atom stereocenters. The predicted molar refractivity (Wildman–Crippen MR) is 88.2 cm³/mol. The molecule has 3 rings (SSSR count).